The molecule has 0 saturated carbocycles. The van der Waals surface area contributed by atoms with Gasteiger partial charge in [-0.15, -0.1) is 47.3 Å². The number of aromatic nitrogens is 3. The minimum Gasteiger partial charge on any atom is -0.657 e. The number of aryl methyl sites for hydroxylation is 1. The molecule has 0 atom stereocenters. The second kappa shape index (κ2) is 13.9. The molecule has 0 aliphatic rings. The topological polar surface area (TPSA) is 44.8 Å². The second-order valence-electron chi connectivity index (χ2n) is 11.8. The fraction of sp³-hybridized carbons (Fsp3) is 0.0455. The van der Waals surface area contributed by atoms with Crippen molar-refractivity contribution in [3.63, 3.8) is 0 Å². The van der Waals surface area contributed by atoms with Crippen LogP contribution in [0, 0.1) is 19.9 Å². The van der Waals surface area contributed by atoms with Gasteiger partial charge in [0, 0.05) is 23.0 Å². The summed E-state index contributed by atoms with van der Waals surface area (Å²) in [5, 5.41) is 6.49. The number of nitrogens with zero attached hydrogens (tertiary/aromatic N) is 4. The van der Waals surface area contributed by atoms with Crippen LogP contribution in [0.2, 0.25) is 0 Å². The van der Waals surface area contributed by atoms with E-state index in [9.17, 15) is 0 Å². The number of rotatable bonds is 7. The summed E-state index contributed by atoms with van der Waals surface area (Å²) in [5.74, 6) is 0. The molecule has 238 valence electrons. The number of hydrogen-bond donors (Lipinski definition) is 0. The molecule has 5 aromatic carbocycles. The first kappa shape index (κ1) is 32.0. The van der Waals surface area contributed by atoms with Crippen LogP contribution in [0.1, 0.15) is 11.3 Å². The van der Waals surface area contributed by atoms with E-state index in [-0.39, 0.29) is 21.1 Å². The smallest absolute Gasteiger partial charge is 0.657 e. The Morgan fingerprint density at radius 2 is 1.33 bits per heavy atom. The van der Waals surface area contributed by atoms with Crippen LogP contribution in [0.4, 0.5) is 11.4 Å². The van der Waals surface area contributed by atoms with Crippen LogP contribution >= 0.6 is 0 Å². The van der Waals surface area contributed by atoms with E-state index in [2.05, 4.69) is 115 Å². The molecule has 0 fully saturated rings. The Kier molecular flexibility index (Phi) is 9.07. The zero-order valence-corrected chi connectivity index (χ0v) is 29.4. The minimum absolute atomic E-state index is 0. The summed E-state index contributed by atoms with van der Waals surface area (Å²) in [6.45, 7) is 4.38. The van der Waals surface area contributed by atoms with Gasteiger partial charge in [0.1, 0.15) is 0 Å². The number of pyridine rings is 2. The van der Waals surface area contributed by atoms with Crippen LogP contribution in [0.3, 0.4) is 0 Å². The van der Waals surface area contributed by atoms with Gasteiger partial charge in [0.2, 0.25) is 0 Å². The van der Waals surface area contributed by atoms with Crippen LogP contribution in [-0.4, -0.2) is 14.5 Å². The Morgan fingerprint density at radius 3 is 2.12 bits per heavy atom. The van der Waals surface area contributed by atoms with Gasteiger partial charge in [-0.2, -0.15) is 0 Å². The monoisotopic (exact) mass is 811 g/mol. The van der Waals surface area contributed by atoms with E-state index in [0.717, 1.165) is 72.9 Å². The van der Waals surface area contributed by atoms with Crippen molar-refractivity contribution in [2.75, 3.05) is 0 Å². The molecule has 0 aliphatic heterocycles. The first-order valence-corrected chi connectivity index (χ1v) is 16.1. The maximum absolute atomic E-state index is 5.36. The van der Waals surface area contributed by atoms with Gasteiger partial charge in [-0.25, -0.2) is 0 Å². The van der Waals surface area contributed by atoms with E-state index in [0.29, 0.717) is 0 Å². The van der Waals surface area contributed by atoms with Gasteiger partial charge in [0.25, 0.3) is 0 Å². The molecule has 8 rings (SSSR count). The maximum atomic E-state index is 5.36. The largest absolute Gasteiger partial charge is 2.00 e. The van der Waals surface area contributed by atoms with Gasteiger partial charge < -0.3 is 9.88 Å². The summed E-state index contributed by atoms with van der Waals surface area (Å²) >= 11 is 0. The summed E-state index contributed by atoms with van der Waals surface area (Å²) in [6, 6.07) is 55.2. The molecule has 0 amide bonds. The van der Waals surface area contributed by atoms with E-state index in [1.165, 1.54) is 11.3 Å². The molecule has 0 saturated heterocycles. The molecule has 0 aliphatic carbocycles. The predicted octanol–water partition coefficient (Wildman–Crippen LogP) is 11.8. The molecule has 3 aromatic heterocycles. The third kappa shape index (κ3) is 6.12. The van der Waals surface area contributed by atoms with Gasteiger partial charge in [-0.1, -0.05) is 97.1 Å². The third-order valence-corrected chi connectivity index (χ3v) is 8.95. The van der Waals surface area contributed by atoms with E-state index in [1.54, 1.807) is 0 Å². The van der Waals surface area contributed by atoms with E-state index in [1.807, 2.05) is 66.9 Å². The SMILES string of the molecule is Cc1c(C)n(-c2ccccc2)c2ccnc(-c3cc(-c4ccccc4)ccc3[N-]c3ccccc3-c3cccc(-c4[c-]cccc4)n3)c12.[Pt+2]. The van der Waals surface area contributed by atoms with Crippen molar-refractivity contribution in [2.45, 2.75) is 13.8 Å². The van der Waals surface area contributed by atoms with Gasteiger partial charge >= 0.3 is 21.1 Å². The van der Waals surface area contributed by atoms with Crippen LogP contribution in [0.5, 0.6) is 0 Å². The minimum atomic E-state index is 0. The summed E-state index contributed by atoms with van der Waals surface area (Å²) in [6.07, 6.45) is 1.92. The quantitative estimate of drug-likeness (QED) is 0.151. The Balaban J connectivity index is 0.00000378. The molecule has 0 unspecified atom stereocenters. The normalized spacial score (nSPS) is 10.9. The van der Waals surface area contributed by atoms with Crippen molar-refractivity contribution in [1.29, 1.82) is 0 Å². The average Bonchev–Trinajstić information content (AvgIpc) is 3.42. The van der Waals surface area contributed by atoms with Crippen molar-refractivity contribution in [3.05, 3.63) is 180 Å². The van der Waals surface area contributed by atoms with Gasteiger partial charge in [0.15, 0.2) is 0 Å². The number of para-hydroxylation sites is 2. The summed E-state index contributed by atoms with van der Waals surface area (Å²) < 4.78 is 2.33. The van der Waals surface area contributed by atoms with Crippen molar-refractivity contribution in [1.82, 2.24) is 14.5 Å². The molecule has 0 bridgehead atoms. The molecule has 0 radical (unpaired) electrons. The molecule has 8 aromatic rings. The van der Waals surface area contributed by atoms with Crippen molar-refractivity contribution in [3.8, 4) is 50.6 Å². The zero-order chi connectivity index (χ0) is 32.5. The number of benzene rings is 5. The van der Waals surface area contributed by atoms with Crippen molar-refractivity contribution in [2.24, 2.45) is 0 Å². The Bertz CT molecular complexity index is 2380. The Morgan fingerprint density at radius 1 is 0.612 bits per heavy atom. The van der Waals surface area contributed by atoms with E-state index < -0.39 is 0 Å². The molecular formula is C44H32N4Pt. The Hall–Kier alpha value is -5.57. The second-order valence-corrected chi connectivity index (χ2v) is 11.8. The molecule has 4 nitrogen and oxygen atoms in total. The molecule has 3 heterocycles. The molecule has 49 heavy (non-hydrogen) atoms. The first-order valence-electron chi connectivity index (χ1n) is 16.1. The fourth-order valence-corrected chi connectivity index (χ4v) is 6.49. The standard InChI is InChI=1S/C44H32N4.Pt/c1-30-31(2)48(35-19-10-5-11-20-35)42-27-28-45-44(43(30)42)37-29-34(32-15-6-3-7-16-32)25-26-41(37)47-39-22-13-12-21-36(39)40-24-14-23-38(46-40)33-17-8-4-9-18-33;/h3-17,19-29H,1-2H3;/q-2;+2. The Labute approximate surface area is 301 Å². The zero-order valence-electron chi connectivity index (χ0n) is 27.1. The molecular weight excluding hydrogens is 780 g/mol. The summed E-state index contributed by atoms with van der Waals surface area (Å²) in [5.41, 5.74) is 14.1. The molecule has 5 heteroatoms. The number of fused-ring (bicyclic) bond motifs is 1. The molecule has 0 spiro atoms. The average molecular weight is 812 g/mol. The van der Waals surface area contributed by atoms with Crippen molar-refractivity contribution < 1.29 is 21.1 Å². The number of hydrogen-bond acceptors (Lipinski definition) is 2. The maximum Gasteiger partial charge on any atom is 2.00 e. The van der Waals surface area contributed by atoms with Crippen LogP contribution in [-0.2, 0) is 21.1 Å². The van der Waals surface area contributed by atoms with Crippen molar-refractivity contribution >= 4 is 22.3 Å². The first-order chi connectivity index (χ1) is 23.7. The van der Waals surface area contributed by atoms with Gasteiger partial charge in [-0.3, -0.25) is 9.97 Å². The summed E-state index contributed by atoms with van der Waals surface area (Å²) in [4.78, 5) is 10.1. The molecule has 0 N–H and O–H groups in total. The van der Waals surface area contributed by atoms with Crippen LogP contribution in [0.25, 0.3) is 66.8 Å². The van der Waals surface area contributed by atoms with Gasteiger partial charge in [0.05, 0.1) is 16.9 Å². The summed E-state index contributed by atoms with van der Waals surface area (Å²) in [7, 11) is 0. The predicted molar refractivity (Wildman–Crippen MR) is 198 cm³/mol. The van der Waals surface area contributed by atoms with Crippen LogP contribution in [0.15, 0.2) is 158 Å². The van der Waals surface area contributed by atoms with E-state index >= 15 is 0 Å². The van der Waals surface area contributed by atoms with Crippen LogP contribution < -0.4 is 0 Å². The van der Waals surface area contributed by atoms with Gasteiger partial charge in [-0.05, 0) is 77.7 Å². The van der Waals surface area contributed by atoms with E-state index in [4.69, 9.17) is 15.3 Å². The fourth-order valence-electron chi connectivity index (χ4n) is 6.49. The third-order valence-electron chi connectivity index (χ3n) is 8.95.